The Balaban J connectivity index is 2.80. The van der Waals surface area contributed by atoms with Crippen LogP contribution in [0.2, 0.25) is 0 Å². The molecule has 0 spiro atoms. The summed E-state index contributed by atoms with van der Waals surface area (Å²) in [7, 11) is 1.74. The molecule has 0 saturated heterocycles. The van der Waals surface area contributed by atoms with Crippen molar-refractivity contribution in [1.29, 1.82) is 0 Å². The van der Waals surface area contributed by atoms with Gasteiger partial charge in [0.25, 0.3) is 0 Å². The molecular weight excluding hydrogens is 312 g/mol. The molecule has 1 aromatic carbocycles. The van der Waals surface area contributed by atoms with E-state index in [0.717, 1.165) is 5.75 Å². The Labute approximate surface area is 133 Å². The van der Waals surface area contributed by atoms with Crippen molar-refractivity contribution in [2.45, 2.75) is 59.2 Å². The summed E-state index contributed by atoms with van der Waals surface area (Å²) < 4.78 is 5.44. The van der Waals surface area contributed by atoms with Crippen LogP contribution in [0.15, 0.2) is 12.1 Å². The lowest BCUT2D eigenvalue weighted by molar-refractivity contribution is 0.296. The van der Waals surface area contributed by atoms with Gasteiger partial charge in [0.1, 0.15) is 5.75 Å². The molecule has 1 rings (SSSR count). The first-order valence-corrected chi connectivity index (χ1v) is 8.35. The normalized spacial score (nSPS) is 15.0. The lowest BCUT2D eigenvalue weighted by Crippen LogP contribution is -2.12. The molecule has 2 heteroatoms. The Morgan fingerprint density at radius 2 is 1.65 bits per heavy atom. The van der Waals surface area contributed by atoms with Gasteiger partial charge in [-0.05, 0) is 54.7 Å². The highest BCUT2D eigenvalue weighted by Crippen LogP contribution is 2.37. The monoisotopic (exact) mass is 340 g/mol. The SMILES string of the molecule is COc1c(C)cc(C(Br)CC(C)CC(C)(C)C)cc1C. The Morgan fingerprint density at radius 1 is 1.15 bits per heavy atom. The summed E-state index contributed by atoms with van der Waals surface area (Å²) in [4.78, 5) is 0.420. The fraction of sp³-hybridized carbons (Fsp3) is 0.667. The minimum Gasteiger partial charge on any atom is -0.496 e. The van der Waals surface area contributed by atoms with Crippen molar-refractivity contribution in [2.24, 2.45) is 11.3 Å². The third-order valence-electron chi connectivity index (χ3n) is 3.62. The van der Waals surface area contributed by atoms with E-state index in [1.165, 1.54) is 29.5 Å². The van der Waals surface area contributed by atoms with E-state index >= 15 is 0 Å². The van der Waals surface area contributed by atoms with Crippen LogP contribution in [-0.2, 0) is 0 Å². The molecule has 1 nitrogen and oxygen atoms in total. The van der Waals surface area contributed by atoms with Crippen LogP contribution in [-0.4, -0.2) is 7.11 Å². The number of hydrogen-bond donors (Lipinski definition) is 0. The number of methoxy groups -OCH3 is 1. The van der Waals surface area contributed by atoms with Gasteiger partial charge in [0.15, 0.2) is 0 Å². The van der Waals surface area contributed by atoms with Crippen molar-refractivity contribution < 1.29 is 4.74 Å². The predicted molar refractivity (Wildman–Crippen MR) is 92.0 cm³/mol. The van der Waals surface area contributed by atoms with Crippen LogP contribution in [0.1, 0.15) is 62.1 Å². The van der Waals surface area contributed by atoms with Crippen molar-refractivity contribution in [3.8, 4) is 5.75 Å². The lowest BCUT2D eigenvalue weighted by Gasteiger charge is -2.25. The predicted octanol–water partition coefficient (Wildman–Crippen LogP) is 6.21. The Bertz CT molecular complexity index is 422. The van der Waals surface area contributed by atoms with Gasteiger partial charge in [0, 0.05) is 4.83 Å². The van der Waals surface area contributed by atoms with E-state index in [1.807, 2.05) is 0 Å². The van der Waals surface area contributed by atoms with Gasteiger partial charge in [-0.2, -0.15) is 0 Å². The quantitative estimate of drug-likeness (QED) is 0.579. The van der Waals surface area contributed by atoms with Gasteiger partial charge in [-0.15, -0.1) is 0 Å². The first kappa shape index (κ1) is 17.6. The number of benzene rings is 1. The summed E-state index contributed by atoms with van der Waals surface area (Å²) in [6, 6.07) is 4.49. The average molecular weight is 341 g/mol. The molecule has 0 saturated carbocycles. The number of aryl methyl sites for hydroxylation is 2. The van der Waals surface area contributed by atoms with Gasteiger partial charge in [-0.3, -0.25) is 0 Å². The molecule has 1 aromatic rings. The highest BCUT2D eigenvalue weighted by atomic mass is 79.9. The zero-order valence-corrected chi connectivity index (χ0v) is 15.6. The molecule has 0 aromatic heterocycles. The second-order valence-electron chi connectivity index (χ2n) is 7.26. The number of ether oxygens (including phenoxy) is 1. The highest BCUT2D eigenvalue weighted by Gasteiger charge is 2.19. The van der Waals surface area contributed by atoms with E-state index in [1.54, 1.807) is 7.11 Å². The molecule has 2 atom stereocenters. The van der Waals surface area contributed by atoms with Crippen LogP contribution in [0.3, 0.4) is 0 Å². The summed E-state index contributed by atoms with van der Waals surface area (Å²) in [5.41, 5.74) is 4.20. The van der Waals surface area contributed by atoms with E-state index in [0.29, 0.717) is 16.2 Å². The van der Waals surface area contributed by atoms with Gasteiger partial charge in [0.05, 0.1) is 7.11 Å². The topological polar surface area (TPSA) is 9.23 Å². The van der Waals surface area contributed by atoms with E-state index in [4.69, 9.17) is 4.74 Å². The molecule has 0 aliphatic heterocycles. The van der Waals surface area contributed by atoms with Gasteiger partial charge in [-0.1, -0.05) is 55.8 Å². The third kappa shape index (κ3) is 5.12. The van der Waals surface area contributed by atoms with Crippen LogP contribution >= 0.6 is 15.9 Å². The minimum absolute atomic E-state index is 0.401. The van der Waals surface area contributed by atoms with E-state index in [2.05, 4.69) is 69.6 Å². The lowest BCUT2D eigenvalue weighted by atomic mass is 9.83. The number of rotatable bonds is 5. The molecule has 0 amide bonds. The Morgan fingerprint density at radius 3 is 2.05 bits per heavy atom. The van der Waals surface area contributed by atoms with Gasteiger partial charge in [-0.25, -0.2) is 0 Å². The third-order valence-corrected chi connectivity index (χ3v) is 4.52. The van der Waals surface area contributed by atoms with Crippen LogP contribution < -0.4 is 4.74 Å². The summed E-state index contributed by atoms with van der Waals surface area (Å²) in [6.07, 6.45) is 2.42. The van der Waals surface area contributed by atoms with Gasteiger partial charge < -0.3 is 4.74 Å². The van der Waals surface area contributed by atoms with Crippen molar-refractivity contribution in [3.05, 3.63) is 28.8 Å². The molecule has 0 aliphatic rings. The Hall–Kier alpha value is -0.500. The van der Waals surface area contributed by atoms with Crippen LogP contribution in [0.25, 0.3) is 0 Å². The summed E-state index contributed by atoms with van der Waals surface area (Å²) in [6.45, 7) is 13.5. The molecule has 0 fully saturated rings. The maximum absolute atomic E-state index is 5.44. The van der Waals surface area contributed by atoms with E-state index in [-0.39, 0.29) is 0 Å². The summed E-state index contributed by atoms with van der Waals surface area (Å²) in [5, 5.41) is 0. The fourth-order valence-electron chi connectivity index (χ4n) is 3.10. The van der Waals surface area contributed by atoms with Gasteiger partial charge >= 0.3 is 0 Å². The first-order chi connectivity index (χ1) is 9.14. The fourth-order valence-corrected chi connectivity index (χ4v) is 4.01. The molecule has 0 bridgehead atoms. The summed E-state index contributed by atoms with van der Waals surface area (Å²) >= 11 is 3.87. The zero-order valence-electron chi connectivity index (χ0n) is 14.0. The average Bonchev–Trinajstić information content (AvgIpc) is 2.25. The molecule has 0 heterocycles. The van der Waals surface area contributed by atoms with Crippen LogP contribution in [0.4, 0.5) is 0 Å². The van der Waals surface area contributed by atoms with Crippen molar-refractivity contribution in [2.75, 3.05) is 7.11 Å². The van der Waals surface area contributed by atoms with Crippen LogP contribution in [0.5, 0.6) is 5.75 Å². The highest BCUT2D eigenvalue weighted by molar-refractivity contribution is 9.09. The molecule has 0 aliphatic carbocycles. The van der Waals surface area contributed by atoms with Crippen LogP contribution in [0, 0.1) is 25.2 Å². The zero-order chi connectivity index (χ0) is 15.5. The van der Waals surface area contributed by atoms with Crippen molar-refractivity contribution in [3.63, 3.8) is 0 Å². The molecular formula is C18H29BrO. The molecule has 2 unspecified atom stereocenters. The maximum atomic E-state index is 5.44. The van der Waals surface area contributed by atoms with E-state index < -0.39 is 0 Å². The minimum atomic E-state index is 0.401. The number of hydrogen-bond acceptors (Lipinski definition) is 1. The van der Waals surface area contributed by atoms with Gasteiger partial charge in [0.2, 0.25) is 0 Å². The first-order valence-electron chi connectivity index (χ1n) is 7.43. The largest absolute Gasteiger partial charge is 0.496 e. The summed E-state index contributed by atoms with van der Waals surface area (Å²) in [5.74, 6) is 1.72. The molecule has 20 heavy (non-hydrogen) atoms. The molecule has 0 N–H and O–H groups in total. The Kier molecular flexibility index (Phi) is 6.12. The molecule has 0 radical (unpaired) electrons. The maximum Gasteiger partial charge on any atom is 0.124 e. The number of halogens is 1. The van der Waals surface area contributed by atoms with E-state index in [9.17, 15) is 0 Å². The van der Waals surface area contributed by atoms with Crippen molar-refractivity contribution in [1.82, 2.24) is 0 Å². The second-order valence-corrected chi connectivity index (χ2v) is 8.37. The van der Waals surface area contributed by atoms with Crippen molar-refractivity contribution >= 4 is 15.9 Å². The second kappa shape index (κ2) is 6.98. The number of alkyl halides is 1. The molecule has 114 valence electrons. The smallest absolute Gasteiger partial charge is 0.124 e. The standard InChI is InChI=1S/C18H29BrO/c1-12(11-18(4,5)6)8-16(19)15-9-13(2)17(20-7)14(3)10-15/h9-10,12,16H,8,11H2,1-7H3.